The zero-order valence-electron chi connectivity index (χ0n) is 12.2. The van der Waals surface area contributed by atoms with Crippen LogP contribution in [0.5, 0.6) is 5.75 Å². The number of halogens is 5. The normalized spacial score (nSPS) is 12.8. The maximum atomic E-state index is 13.0. The molecule has 0 bridgehead atoms. The average molecular weight is 382 g/mol. The molecule has 2 aromatic rings. The molecule has 1 aromatic heterocycles. The molecule has 24 heavy (non-hydrogen) atoms. The molecule has 1 unspecified atom stereocenters. The van der Waals surface area contributed by atoms with Gasteiger partial charge < -0.3 is 15.2 Å². The van der Waals surface area contributed by atoms with Crippen molar-refractivity contribution < 1.29 is 23.0 Å². The van der Waals surface area contributed by atoms with Gasteiger partial charge in [0.25, 0.3) is 0 Å². The van der Waals surface area contributed by atoms with E-state index in [-0.39, 0.29) is 27.4 Å². The molecule has 0 amide bonds. The van der Waals surface area contributed by atoms with E-state index in [4.69, 9.17) is 27.9 Å². The van der Waals surface area contributed by atoms with Gasteiger partial charge in [0.05, 0.1) is 11.8 Å². The molecule has 0 aliphatic carbocycles. The van der Waals surface area contributed by atoms with E-state index >= 15 is 0 Å². The summed E-state index contributed by atoms with van der Waals surface area (Å²) in [6, 6.07) is 2.97. The second-order valence-corrected chi connectivity index (χ2v) is 5.43. The number of nitrogens with one attached hydrogen (secondary N) is 1. The number of aliphatic hydroxyl groups is 1. The van der Waals surface area contributed by atoms with Crippen LogP contribution in [0.4, 0.5) is 19.0 Å². The molecule has 130 valence electrons. The minimum atomic E-state index is -4.62. The van der Waals surface area contributed by atoms with Gasteiger partial charge in [-0.2, -0.15) is 18.2 Å². The highest BCUT2D eigenvalue weighted by molar-refractivity contribution is 6.30. The van der Waals surface area contributed by atoms with Crippen LogP contribution in [0.1, 0.15) is 17.2 Å². The molecule has 0 spiro atoms. The molecule has 0 aliphatic heterocycles. The summed E-state index contributed by atoms with van der Waals surface area (Å²) < 4.78 is 44.4. The van der Waals surface area contributed by atoms with Crippen molar-refractivity contribution in [2.75, 3.05) is 19.0 Å². The number of hydrogen-bond donors (Lipinski definition) is 2. The minimum Gasteiger partial charge on any atom is -0.485 e. The van der Waals surface area contributed by atoms with Gasteiger partial charge >= 0.3 is 6.18 Å². The van der Waals surface area contributed by atoms with Crippen LogP contribution in [-0.4, -0.2) is 28.7 Å². The Morgan fingerprint density at radius 3 is 2.67 bits per heavy atom. The van der Waals surface area contributed by atoms with Crippen molar-refractivity contribution in [3.8, 4) is 5.75 Å². The van der Waals surface area contributed by atoms with Crippen LogP contribution in [0.2, 0.25) is 10.3 Å². The average Bonchev–Trinajstić information content (AvgIpc) is 2.51. The number of alkyl halides is 3. The Labute approximate surface area is 145 Å². The summed E-state index contributed by atoms with van der Waals surface area (Å²) in [6.07, 6.45) is -4.93. The highest BCUT2D eigenvalue weighted by Crippen LogP contribution is 2.36. The summed E-state index contributed by atoms with van der Waals surface area (Å²) >= 11 is 11.4. The van der Waals surface area contributed by atoms with E-state index in [2.05, 4.69) is 15.3 Å². The fourth-order valence-electron chi connectivity index (χ4n) is 1.96. The molecule has 2 N–H and O–H groups in total. The van der Waals surface area contributed by atoms with Crippen LogP contribution >= 0.6 is 23.2 Å². The standard InChI is InChI=1S/C14H12Cl2F3N3O2/c1-20-12-11(5-21-13(16)22-12)24-6-10(23)8-4-7(15)2-3-9(8)14(17,18)19/h2-5,10,23H,6H2,1H3,(H,20,21,22). The first-order valence-corrected chi connectivity index (χ1v) is 7.35. The number of nitrogens with zero attached hydrogens (tertiary/aromatic N) is 2. The number of benzene rings is 1. The number of ether oxygens (including phenoxy) is 1. The summed E-state index contributed by atoms with van der Waals surface area (Å²) in [5.74, 6) is 0.376. The first-order valence-electron chi connectivity index (χ1n) is 6.60. The molecule has 0 aliphatic rings. The van der Waals surface area contributed by atoms with Crippen molar-refractivity contribution in [1.82, 2.24) is 9.97 Å². The van der Waals surface area contributed by atoms with Gasteiger partial charge in [-0.3, -0.25) is 0 Å². The zero-order chi connectivity index (χ0) is 17.9. The van der Waals surface area contributed by atoms with Crippen molar-refractivity contribution in [2.45, 2.75) is 12.3 Å². The van der Waals surface area contributed by atoms with E-state index in [9.17, 15) is 18.3 Å². The molecule has 0 fully saturated rings. The summed E-state index contributed by atoms with van der Waals surface area (Å²) in [5.41, 5.74) is -1.36. The zero-order valence-corrected chi connectivity index (χ0v) is 13.7. The SMILES string of the molecule is CNc1nc(Cl)ncc1OCC(O)c1cc(Cl)ccc1C(F)(F)F. The lowest BCUT2D eigenvalue weighted by molar-refractivity contribution is -0.139. The summed E-state index contributed by atoms with van der Waals surface area (Å²) in [7, 11) is 1.56. The number of anilines is 1. The second kappa shape index (κ2) is 7.42. The van der Waals surface area contributed by atoms with Gasteiger partial charge in [-0.25, -0.2) is 4.98 Å². The topological polar surface area (TPSA) is 67.3 Å². The first-order chi connectivity index (χ1) is 11.2. The Bertz CT molecular complexity index is 729. The van der Waals surface area contributed by atoms with E-state index in [1.807, 2.05) is 0 Å². The molecule has 0 radical (unpaired) electrons. The molecule has 5 nitrogen and oxygen atoms in total. The van der Waals surface area contributed by atoms with E-state index in [0.717, 1.165) is 18.2 Å². The largest absolute Gasteiger partial charge is 0.485 e. The van der Waals surface area contributed by atoms with Gasteiger partial charge in [0.2, 0.25) is 5.28 Å². The Balaban J connectivity index is 2.22. The predicted octanol–water partition coefficient (Wildman–Crippen LogP) is 3.96. The Morgan fingerprint density at radius 1 is 1.33 bits per heavy atom. The van der Waals surface area contributed by atoms with Crippen LogP contribution in [0.25, 0.3) is 0 Å². The molecular formula is C14H12Cl2F3N3O2. The quantitative estimate of drug-likeness (QED) is 0.767. The van der Waals surface area contributed by atoms with Crippen molar-refractivity contribution >= 4 is 29.0 Å². The summed E-state index contributed by atoms with van der Waals surface area (Å²) in [5, 5.41) is 12.8. The Hall–Kier alpha value is -1.77. The van der Waals surface area contributed by atoms with E-state index < -0.39 is 24.5 Å². The molecule has 1 atom stereocenters. The number of rotatable bonds is 5. The highest BCUT2D eigenvalue weighted by atomic mass is 35.5. The van der Waals surface area contributed by atoms with Crippen LogP contribution in [0, 0.1) is 0 Å². The van der Waals surface area contributed by atoms with E-state index in [0.29, 0.717) is 0 Å². The molecular weight excluding hydrogens is 370 g/mol. The molecule has 1 heterocycles. The van der Waals surface area contributed by atoms with Gasteiger partial charge in [0, 0.05) is 12.1 Å². The number of aliphatic hydroxyl groups excluding tert-OH is 1. The van der Waals surface area contributed by atoms with Gasteiger partial charge in [0.15, 0.2) is 11.6 Å². The third kappa shape index (κ3) is 4.40. The Morgan fingerprint density at radius 2 is 2.04 bits per heavy atom. The molecule has 2 rings (SSSR count). The Kier molecular flexibility index (Phi) is 5.74. The van der Waals surface area contributed by atoms with Gasteiger partial charge in [0.1, 0.15) is 12.7 Å². The van der Waals surface area contributed by atoms with E-state index in [1.165, 1.54) is 6.20 Å². The third-order valence-electron chi connectivity index (χ3n) is 3.04. The lowest BCUT2D eigenvalue weighted by atomic mass is 10.0. The summed E-state index contributed by atoms with van der Waals surface area (Å²) in [4.78, 5) is 7.56. The first kappa shape index (κ1) is 18.6. The maximum absolute atomic E-state index is 13.0. The van der Waals surface area contributed by atoms with Gasteiger partial charge in [-0.1, -0.05) is 11.6 Å². The molecule has 1 aromatic carbocycles. The monoisotopic (exact) mass is 381 g/mol. The van der Waals surface area contributed by atoms with Gasteiger partial charge in [-0.05, 0) is 35.4 Å². The fraction of sp³-hybridized carbons (Fsp3) is 0.286. The van der Waals surface area contributed by atoms with Crippen LogP contribution in [0.15, 0.2) is 24.4 Å². The van der Waals surface area contributed by atoms with E-state index in [1.54, 1.807) is 7.05 Å². The molecule has 10 heteroatoms. The smallest absolute Gasteiger partial charge is 0.416 e. The lowest BCUT2D eigenvalue weighted by Gasteiger charge is -2.19. The van der Waals surface area contributed by atoms with Crippen molar-refractivity contribution in [1.29, 1.82) is 0 Å². The maximum Gasteiger partial charge on any atom is 0.416 e. The minimum absolute atomic E-state index is 0.0264. The van der Waals surface area contributed by atoms with Gasteiger partial charge in [-0.15, -0.1) is 0 Å². The van der Waals surface area contributed by atoms with Crippen LogP contribution in [-0.2, 0) is 6.18 Å². The lowest BCUT2D eigenvalue weighted by Crippen LogP contribution is -2.17. The van der Waals surface area contributed by atoms with Crippen molar-refractivity contribution in [2.24, 2.45) is 0 Å². The molecule has 0 saturated carbocycles. The highest BCUT2D eigenvalue weighted by Gasteiger charge is 2.35. The van der Waals surface area contributed by atoms with Crippen LogP contribution in [0.3, 0.4) is 0 Å². The van der Waals surface area contributed by atoms with Crippen molar-refractivity contribution in [3.05, 3.63) is 45.8 Å². The number of aromatic nitrogens is 2. The predicted molar refractivity (Wildman–Crippen MR) is 83.5 cm³/mol. The molecule has 0 saturated heterocycles. The fourth-order valence-corrected chi connectivity index (χ4v) is 2.27. The number of hydrogen-bond acceptors (Lipinski definition) is 5. The van der Waals surface area contributed by atoms with Crippen LogP contribution < -0.4 is 10.1 Å². The third-order valence-corrected chi connectivity index (χ3v) is 3.45. The van der Waals surface area contributed by atoms with Crippen molar-refractivity contribution in [3.63, 3.8) is 0 Å². The second-order valence-electron chi connectivity index (χ2n) is 4.66. The summed E-state index contributed by atoms with van der Waals surface area (Å²) in [6.45, 7) is -0.455.